The molecule has 4 rings (SSSR count). The first kappa shape index (κ1) is 22.7. The van der Waals surface area contributed by atoms with Crippen LogP contribution in [0.5, 0.6) is 0 Å². The van der Waals surface area contributed by atoms with E-state index in [-0.39, 0.29) is 17.5 Å². The minimum Gasteiger partial charge on any atom is -0.379 e. The Labute approximate surface area is 193 Å². The van der Waals surface area contributed by atoms with Crippen molar-refractivity contribution < 1.29 is 9.53 Å². The number of hydrogen-bond donors (Lipinski definition) is 1. The molecule has 10 heteroatoms. The number of rotatable bonds is 7. The summed E-state index contributed by atoms with van der Waals surface area (Å²) in [7, 11) is 0. The van der Waals surface area contributed by atoms with Gasteiger partial charge in [-0.1, -0.05) is 12.1 Å². The molecule has 2 aliphatic rings. The number of aromatic amines is 1. The van der Waals surface area contributed by atoms with Crippen LogP contribution in [0.2, 0.25) is 0 Å². The van der Waals surface area contributed by atoms with E-state index in [9.17, 15) is 9.59 Å². The molecule has 1 N–H and O–H groups in total. The molecule has 1 atom stereocenters. The number of nitrogens with zero attached hydrogens (tertiary/aromatic N) is 6. The maximum atomic E-state index is 12.6. The predicted octanol–water partition coefficient (Wildman–Crippen LogP) is 1.75. The lowest BCUT2D eigenvalue weighted by Crippen LogP contribution is -2.49. The first-order chi connectivity index (χ1) is 16.1. The van der Waals surface area contributed by atoms with Crippen molar-refractivity contribution in [3.8, 4) is 0 Å². The van der Waals surface area contributed by atoms with Gasteiger partial charge in [0.2, 0.25) is 11.6 Å². The molecule has 0 bridgehead atoms. The van der Waals surface area contributed by atoms with Crippen LogP contribution >= 0.6 is 0 Å². The van der Waals surface area contributed by atoms with Gasteiger partial charge in [0.15, 0.2) is 0 Å². The third-order valence-electron chi connectivity index (χ3n) is 6.35. The van der Waals surface area contributed by atoms with Crippen LogP contribution in [0.1, 0.15) is 24.8 Å². The summed E-state index contributed by atoms with van der Waals surface area (Å²) in [5, 5.41) is 6.40. The molecule has 174 valence electrons. The molecule has 33 heavy (non-hydrogen) atoms. The first-order valence-corrected chi connectivity index (χ1v) is 11.3. The second-order valence-electron chi connectivity index (χ2n) is 8.35. The summed E-state index contributed by atoms with van der Waals surface area (Å²) in [6.07, 6.45) is 5.76. The van der Waals surface area contributed by atoms with Crippen LogP contribution in [0.4, 0.5) is 17.2 Å². The van der Waals surface area contributed by atoms with Crippen molar-refractivity contribution in [1.29, 1.82) is 0 Å². The van der Waals surface area contributed by atoms with E-state index in [2.05, 4.69) is 29.8 Å². The van der Waals surface area contributed by atoms with Crippen LogP contribution in [0, 0.1) is 13.5 Å². The van der Waals surface area contributed by atoms with Crippen LogP contribution in [-0.4, -0.2) is 78.0 Å². The lowest BCUT2D eigenvalue weighted by Gasteiger charge is -2.36. The van der Waals surface area contributed by atoms with Gasteiger partial charge in [-0.3, -0.25) is 14.6 Å². The summed E-state index contributed by atoms with van der Waals surface area (Å²) < 4.78 is 5.87. The van der Waals surface area contributed by atoms with Gasteiger partial charge in [0, 0.05) is 44.5 Å². The lowest BCUT2D eigenvalue weighted by molar-refractivity contribution is -0.132. The Hall–Kier alpha value is -3.45. The van der Waals surface area contributed by atoms with Gasteiger partial charge < -0.3 is 19.4 Å². The first-order valence-electron chi connectivity index (χ1n) is 11.3. The number of piperazine rings is 1. The molecule has 2 saturated heterocycles. The van der Waals surface area contributed by atoms with Crippen molar-refractivity contribution in [1.82, 2.24) is 20.1 Å². The highest BCUT2D eigenvalue weighted by Gasteiger charge is 2.27. The van der Waals surface area contributed by atoms with Crippen molar-refractivity contribution in [3.05, 3.63) is 51.9 Å². The molecule has 0 aliphatic carbocycles. The quantitative estimate of drug-likeness (QED) is 0.506. The number of hydrogen-bond acceptors (Lipinski definition) is 7. The number of nitrogens with one attached hydrogen (secondary N) is 1. The highest BCUT2D eigenvalue weighted by Crippen LogP contribution is 2.27. The molecule has 4 heterocycles. The zero-order chi connectivity index (χ0) is 23.2. The van der Waals surface area contributed by atoms with E-state index in [1.54, 1.807) is 31.5 Å². The van der Waals surface area contributed by atoms with Gasteiger partial charge in [-0.25, -0.2) is 9.94 Å². The van der Waals surface area contributed by atoms with E-state index in [4.69, 9.17) is 11.3 Å². The van der Waals surface area contributed by atoms with Crippen LogP contribution in [-0.2, 0) is 9.53 Å². The molecule has 2 fully saturated rings. The van der Waals surface area contributed by atoms with Crippen LogP contribution in [0.15, 0.2) is 29.3 Å². The fourth-order valence-electron chi connectivity index (χ4n) is 4.49. The van der Waals surface area contributed by atoms with Crippen molar-refractivity contribution in [2.75, 3.05) is 55.7 Å². The van der Waals surface area contributed by atoms with Gasteiger partial charge >= 0.3 is 0 Å². The molecule has 2 aromatic heterocycles. The normalized spacial score (nSPS) is 18.4. The minimum atomic E-state index is -0.168. The summed E-state index contributed by atoms with van der Waals surface area (Å²) in [5.41, 5.74) is 1.89. The van der Waals surface area contributed by atoms with E-state index in [1.807, 2.05) is 4.90 Å². The van der Waals surface area contributed by atoms with E-state index in [1.165, 1.54) is 0 Å². The number of pyridine rings is 1. The molecular formula is C23H29N7O3. The lowest BCUT2D eigenvalue weighted by atomic mass is 10.2. The van der Waals surface area contributed by atoms with Gasteiger partial charge in [0.25, 0.3) is 5.56 Å². The maximum absolute atomic E-state index is 12.6. The van der Waals surface area contributed by atoms with Gasteiger partial charge in [-0.05, 0) is 19.8 Å². The van der Waals surface area contributed by atoms with Crippen molar-refractivity contribution in [2.45, 2.75) is 32.2 Å². The summed E-state index contributed by atoms with van der Waals surface area (Å²) in [6, 6.07) is 3.71. The van der Waals surface area contributed by atoms with E-state index < -0.39 is 0 Å². The van der Waals surface area contributed by atoms with Gasteiger partial charge in [-0.2, -0.15) is 5.10 Å². The van der Waals surface area contributed by atoms with Crippen molar-refractivity contribution in [2.24, 2.45) is 0 Å². The summed E-state index contributed by atoms with van der Waals surface area (Å²) in [5.74, 6) is 0.772. The molecule has 2 aromatic rings. The Bertz CT molecular complexity index is 1070. The smallest absolute Gasteiger partial charge is 0.269 e. The SMILES string of the molecule is [C-]#[N+]c1cccnc1N1CCN(C(=O)CCOC[C@@H]2CCCN2c2cn[nH]c(=O)c2C)CC1. The Morgan fingerprint density at radius 3 is 2.91 bits per heavy atom. The number of carbonyl (C=O) groups excluding carboxylic acids is 1. The largest absolute Gasteiger partial charge is 0.379 e. The zero-order valence-corrected chi connectivity index (χ0v) is 18.9. The molecule has 0 aromatic carbocycles. The average molecular weight is 452 g/mol. The van der Waals surface area contributed by atoms with Crippen LogP contribution < -0.4 is 15.4 Å². The van der Waals surface area contributed by atoms with Gasteiger partial charge in [0.1, 0.15) is 5.82 Å². The van der Waals surface area contributed by atoms with Crippen molar-refractivity contribution >= 4 is 23.1 Å². The number of anilines is 2. The molecule has 0 radical (unpaired) electrons. The van der Waals surface area contributed by atoms with Crippen molar-refractivity contribution in [3.63, 3.8) is 0 Å². The number of H-pyrrole nitrogens is 1. The van der Waals surface area contributed by atoms with Gasteiger partial charge in [0.05, 0.1) is 44.1 Å². The third kappa shape index (κ3) is 5.14. The number of ether oxygens (including phenoxy) is 1. The number of carbonyl (C=O) groups is 1. The minimum absolute atomic E-state index is 0.0824. The molecule has 1 amide bonds. The molecule has 2 aliphatic heterocycles. The Morgan fingerprint density at radius 1 is 1.30 bits per heavy atom. The second-order valence-corrected chi connectivity index (χ2v) is 8.35. The second kappa shape index (κ2) is 10.4. The highest BCUT2D eigenvalue weighted by atomic mass is 16.5. The number of amides is 1. The third-order valence-corrected chi connectivity index (χ3v) is 6.35. The van der Waals surface area contributed by atoms with E-state index in [0.717, 1.165) is 25.1 Å². The Morgan fingerprint density at radius 2 is 2.12 bits per heavy atom. The van der Waals surface area contributed by atoms with E-state index >= 15 is 0 Å². The fraction of sp³-hybridized carbons (Fsp3) is 0.522. The standard InChI is InChI=1S/C23H29N7O3/c1-17-20(15-26-27-23(17)32)30-9-4-5-18(30)16-33-14-7-21(31)28-10-12-29(13-11-28)22-19(24-2)6-3-8-25-22/h3,6,8,15,18H,4-5,7,9-14,16H2,1H3,(H,27,32)/t18-/m0/s1. The number of aromatic nitrogens is 3. The maximum Gasteiger partial charge on any atom is 0.269 e. The Kier molecular flexibility index (Phi) is 7.19. The highest BCUT2D eigenvalue weighted by molar-refractivity contribution is 5.77. The van der Waals surface area contributed by atoms with Crippen LogP contribution in [0.3, 0.4) is 0 Å². The molecule has 10 nitrogen and oxygen atoms in total. The van der Waals surface area contributed by atoms with Crippen LogP contribution in [0.25, 0.3) is 4.85 Å². The molecular weight excluding hydrogens is 422 g/mol. The molecule has 0 unspecified atom stereocenters. The fourth-order valence-corrected chi connectivity index (χ4v) is 4.49. The van der Waals surface area contributed by atoms with E-state index in [0.29, 0.717) is 62.9 Å². The summed E-state index contributed by atoms with van der Waals surface area (Å²) in [4.78, 5) is 38.5. The Balaban J connectivity index is 1.21. The molecule has 0 saturated carbocycles. The zero-order valence-electron chi connectivity index (χ0n) is 18.9. The molecule has 0 spiro atoms. The van der Waals surface area contributed by atoms with Gasteiger partial charge in [-0.15, -0.1) is 0 Å². The summed E-state index contributed by atoms with van der Waals surface area (Å²) >= 11 is 0. The summed E-state index contributed by atoms with van der Waals surface area (Å²) in [6.45, 7) is 13.4. The average Bonchev–Trinajstić information content (AvgIpc) is 3.31. The monoisotopic (exact) mass is 451 g/mol. The topological polar surface area (TPSA) is 99.0 Å². The predicted molar refractivity (Wildman–Crippen MR) is 125 cm³/mol.